The number of halogens is 2. The number of carbonyl (C=O) groups is 2. The van der Waals surface area contributed by atoms with Gasteiger partial charge in [0.2, 0.25) is 12.3 Å². The van der Waals surface area contributed by atoms with E-state index >= 15 is 0 Å². The third-order valence-corrected chi connectivity index (χ3v) is 4.20. The van der Waals surface area contributed by atoms with Gasteiger partial charge in [-0.1, -0.05) is 62.2 Å². The zero-order valence-corrected chi connectivity index (χ0v) is 16.1. The van der Waals surface area contributed by atoms with Crippen molar-refractivity contribution < 1.29 is 9.59 Å². The van der Waals surface area contributed by atoms with Crippen molar-refractivity contribution in [2.45, 2.75) is 46.2 Å². The molecule has 0 spiro atoms. The Morgan fingerprint density at radius 3 is 2.29 bits per heavy atom. The second kappa shape index (κ2) is 8.04. The van der Waals surface area contributed by atoms with E-state index in [0.717, 1.165) is 5.56 Å². The lowest BCUT2D eigenvalue weighted by molar-refractivity contribution is -0.129. The number of hydrogen-bond donors (Lipinski definition) is 2. The molecule has 0 aromatic heterocycles. The molecule has 0 radical (unpaired) electrons. The molecule has 0 aliphatic rings. The lowest BCUT2D eigenvalue weighted by atomic mass is 9.85. The van der Waals surface area contributed by atoms with E-state index in [2.05, 4.69) is 10.6 Å². The molecule has 132 valence electrons. The van der Waals surface area contributed by atoms with Crippen molar-refractivity contribution in [1.82, 2.24) is 10.6 Å². The summed E-state index contributed by atoms with van der Waals surface area (Å²) in [5, 5.41) is 6.59. The Morgan fingerprint density at radius 2 is 1.79 bits per heavy atom. The van der Waals surface area contributed by atoms with Crippen LogP contribution >= 0.6 is 23.2 Å². The smallest absolute Gasteiger partial charge is 0.245 e. The van der Waals surface area contributed by atoms with Crippen LogP contribution in [0.5, 0.6) is 0 Å². The average Bonchev–Trinajstić information content (AvgIpc) is 2.43. The van der Waals surface area contributed by atoms with Crippen LogP contribution < -0.4 is 10.6 Å². The van der Waals surface area contributed by atoms with Crippen molar-refractivity contribution in [3.63, 3.8) is 0 Å². The van der Waals surface area contributed by atoms with E-state index in [1.54, 1.807) is 26.0 Å². The molecule has 2 N–H and O–H groups in total. The summed E-state index contributed by atoms with van der Waals surface area (Å²) < 4.78 is 0. The maximum absolute atomic E-state index is 12.4. The molecule has 0 saturated heterocycles. The molecule has 4 nitrogen and oxygen atoms in total. The summed E-state index contributed by atoms with van der Waals surface area (Å²) in [6, 6.07) is 5.00. The zero-order valence-electron chi connectivity index (χ0n) is 14.6. The molecule has 0 fully saturated rings. The van der Waals surface area contributed by atoms with Crippen LogP contribution in [-0.4, -0.2) is 23.9 Å². The first-order chi connectivity index (χ1) is 11.0. The highest BCUT2D eigenvalue weighted by atomic mass is 35.5. The Balaban J connectivity index is 3.00. The molecule has 0 bridgehead atoms. The van der Waals surface area contributed by atoms with Gasteiger partial charge in [-0.05, 0) is 37.0 Å². The fraction of sp³-hybridized carbons (Fsp3) is 0.444. The van der Waals surface area contributed by atoms with Crippen molar-refractivity contribution in [2.75, 3.05) is 0 Å². The quantitative estimate of drug-likeness (QED) is 0.741. The number of nitrogens with one attached hydrogen (secondary N) is 2. The van der Waals surface area contributed by atoms with Gasteiger partial charge in [-0.15, -0.1) is 0 Å². The van der Waals surface area contributed by atoms with Gasteiger partial charge >= 0.3 is 0 Å². The first kappa shape index (κ1) is 20.5. The minimum absolute atomic E-state index is 0.220. The van der Waals surface area contributed by atoms with Crippen LogP contribution in [0.3, 0.4) is 0 Å². The second-order valence-corrected chi connectivity index (χ2v) is 8.07. The van der Waals surface area contributed by atoms with Crippen molar-refractivity contribution in [1.29, 1.82) is 0 Å². The first-order valence-electron chi connectivity index (χ1n) is 7.63. The van der Waals surface area contributed by atoms with Crippen LogP contribution in [0, 0.1) is 5.41 Å². The Labute approximate surface area is 153 Å². The van der Waals surface area contributed by atoms with E-state index in [1.165, 1.54) is 0 Å². The normalized spacial score (nSPS) is 13.6. The highest BCUT2D eigenvalue weighted by Crippen LogP contribution is 2.25. The third kappa shape index (κ3) is 5.84. The fourth-order valence-corrected chi connectivity index (χ4v) is 2.40. The number of benzene rings is 1. The van der Waals surface area contributed by atoms with Gasteiger partial charge in [-0.2, -0.15) is 0 Å². The van der Waals surface area contributed by atoms with E-state index in [9.17, 15) is 9.59 Å². The Hall–Kier alpha value is -1.52. The summed E-state index contributed by atoms with van der Waals surface area (Å²) in [5.74, 6) is -0.263. The van der Waals surface area contributed by atoms with Crippen molar-refractivity contribution in [3.05, 3.63) is 39.9 Å². The van der Waals surface area contributed by atoms with Crippen LogP contribution in [0.2, 0.25) is 10.0 Å². The van der Waals surface area contributed by atoms with E-state index in [-0.39, 0.29) is 17.4 Å². The Kier molecular flexibility index (Phi) is 6.87. The summed E-state index contributed by atoms with van der Waals surface area (Å²) in [6.45, 7) is 9.36. The molecule has 0 aliphatic heterocycles. The van der Waals surface area contributed by atoms with Gasteiger partial charge in [0.15, 0.2) is 0 Å². The summed E-state index contributed by atoms with van der Waals surface area (Å²) in [7, 11) is 0. The molecule has 1 unspecified atom stereocenters. The molecule has 0 heterocycles. The summed E-state index contributed by atoms with van der Waals surface area (Å²) in [4.78, 5) is 23.1. The Morgan fingerprint density at radius 1 is 1.17 bits per heavy atom. The molecule has 6 heteroatoms. The summed E-state index contributed by atoms with van der Waals surface area (Å²) >= 11 is 12.1. The lowest BCUT2D eigenvalue weighted by Gasteiger charge is -2.32. The van der Waals surface area contributed by atoms with Gasteiger partial charge in [0.05, 0.1) is 6.04 Å². The topological polar surface area (TPSA) is 58.2 Å². The van der Waals surface area contributed by atoms with Gasteiger partial charge in [0.25, 0.3) is 0 Å². The molecule has 1 rings (SSSR count). The molecule has 1 aromatic carbocycles. The molecule has 0 aliphatic carbocycles. The van der Waals surface area contributed by atoms with Crippen LogP contribution in [0.25, 0.3) is 6.08 Å². The number of hydrogen-bond acceptors (Lipinski definition) is 2. The van der Waals surface area contributed by atoms with Crippen LogP contribution in [-0.2, 0) is 9.59 Å². The van der Waals surface area contributed by atoms with Crippen LogP contribution in [0.15, 0.2) is 24.3 Å². The monoisotopic (exact) mass is 370 g/mol. The van der Waals surface area contributed by atoms with E-state index < -0.39 is 5.54 Å². The van der Waals surface area contributed by atoms with Gasteiger partial charge in [-0.25, -0.2) is 0 Å². The third-order valence-electron chi connectivity index (χ3n) is 3.64. The molecule has 2 amide bonds. The molecule has 1 aromatic rings. The number of rotatable bonds is 6. The van der Waals surface area contributed by atoms with Crippen molar-refractivity contribution in [2.24, 2.45) is 5.41 Å². The SMILES string of the molecule is CC(C)(NC=O)C(=O)NC(C=Cc1ccc(Cl)cc1Cl)C(C)(C)C. The van der Waals surface area contributed by atoms with Crippen LogP contribution in [0.4, 0.5) is 0 Å². The van der Waals surface area contributed by atoms with Crippen LogP contribution in [0.1, 0.15) is 40.2 Å². The average molecular weight is 371 g/mol. The number of amides is 2. The lowest BCUT2D eigenvalue weighted by Crippen LogP contribution is -2.56. The Bertz CT molecular complexity index is 634. The van der Waals surface area contributed by atoms with Crippen molar-refractivity contribution in [3.8, 4) is 0 Å². The predicted octanol–water partition coefficient (Wildman–Crippen LogP) is 4.06. The van der Waals surface area contributed by atoms with Gasteiger partial charge in [0.1, 0.15) is 5.54 Å². The second-order valence-electron chi connectivity index (χ2n) is 7.23. The number of carbonyl (C=O) groups excluding carboxylic acids is 2. The minimum Gasteiger partial charge on any atom is -0.347 e. The molecular formula is C18H24Cl2N2O2. The standard InChI is InChI=1S/C18H24Cl2N2O2/c1-17(2,3)15(22-16(24)18(4,5)21-11-23)9-7-12-6-8-13(19)10-14(12)20/h6-11,15H,1-5H3,(H,21,23)(H,22,24). The summed E-state index contributed by atoms with van der Waals surface area (Å²) in [6.07, 6.45) is 4.27. The first-order valence-corrected chi connectivity index (χ1v) is 8.38. The van der Waals surface area contributed by atoms with Crippen molar-refractivity contribution >= 4 is 41.6 Å². The largest absolute Gasteiger partial charge is 0.347 e. The molecule has 24 heavy (non-hydrogen) atoms. The molecule has 1 atom stereocenters. The van der Waals surface area contributed by atoms with Gasteiger partial charge < -0.3 is 10.6 Å². The van der Waals surface area contributed by atoms with E-state index in [1.807, 2.05) is 39.0 Å². The van der Waals surface area contributed by atoms with E-state index in [4.69, 9.17) is 23.2 Å². The summed E-state index contributed by atoms with van der Waals surface area (Å²) in [5.41, 5.74) is -0.394. The van der Waals surface area contributed by atoms with E-state index in [0.29, 0.717) is 16.5 Å². The highest BCUT2D eigenvalue weighted by Gasteiger charge is 2.31. The maximum Gasteiger partial charge on any atom is 0.245 e. The zero-order chi connectivity index (χ0) is 18.5. The predicted molar refractivity (Wildman–Crippen MR) is 100 cm³/mol. The molecular weight excluding hydrogens is 347 g/mol. The highest BCUT2D eigenvalue weighted by molar-refractivity contribution is 6.35. The van der Waals surface area contributed by atoms with Gasteiger partial charge in [-0.3, -0.25) is 9.59 Å². The maximum atomic E-state index is 12.4. The fourth-order valence-electron chi connectivity index (χ4n) is 1.92. The minimum atomic E-state index is -0.989. The molecule has 0 saturated carbocycles. The van der Waals surface area contributed by atoms with Gasteiger partial charge in [0, 0.05) is 10.0 Å².